The number of hydrogen-bond acceptors (Lipinski definition) is 3. The molecule has 0 bridgehead atoms. The highest BCUT2D eigenvalue weighted by Gasteiger charge is 2.28. The molecule has 3 amide bonds. The molecule has 0 aromatic heterocycles. The number of rotatable bonds is 5. The lowest BCUT2D eigenvalue weighted by Crippen LogP contribution is -2.47. The molecule has 3 N–H and O–H groups in total. The number of nitrogens with zero attached hydrogens (tertiary/aromatic N) is 1. The molecule has 2 rings (SSSR count). The molecule has 0 saturated carbocycles. The van der Waals surface area contributed by atoms with Gasteiger partial charge in [-0.1, -0.05) is 26.0 Å². The highest BCUT2D eigenvalue weighted by Crippen LogP contribution is 2.25. The van der Waals surface area contributed by atoms with Crippen LogP contribution in [0.25, 0.3) is 0 Å². The summed E-state index contributed by atoms with van der Waals surface area (Å²) in [5, 5.41) is 3.61. The molecule has 5 nitrogen and oxygen atoms in total. The maximum atomic E-state index is 12.5. The third-order valence-electron chi connectivity index (χ3n) is 4.21. The molecule has 132 valence electrons. The van der Waals surface area contributed by atoms with Crippen LogP contribution in [-0.4, -0.2) is 35.2 Å². The van der Waals surface area contributed by atoms with E-state index in [1.807, 2.05) is 18.7 Å². The van der Waals surface area contributed by atoms with Crippen LogP contribution < -0.4 is 11.1 Å². The Hall–Kier alpha value is -1.69. The van der Waals surface area contributed by atoms with Crippen molar-refractivity contribution >= 4 is 23.7 Å². The van der Waals surface area contributed by atoms with E-state index in [9.17, 15) is 9.59 Å². The summed E-state index contributed by atoms with van der Waals surface area (Å²) in [6, 6.07) is 7.81. The second kappa shape index (κ2) is 8.42. The molecular weight excluding hydrogens is 322 g/mol. The van der Waals surface area contributed by atoms with Gasteiger partial charge in [0, 0.05) is 23.2 Å². The van der Waals surface area contributed by atoms with E-state index >= 15 is 0 Å². The van der Waals surface area contributed by atoms with E-state index in [1.165, 1.54) is 4.90 Å². The zero-order chi connectivity index (χ0) is 17.7. The van der Waals surface area contributed by atoms with E-state index in [0.29, 0.717) is 18.3 Å². The lowest BCUT2D eigenvalue weighted by molar-refractivity contribution is -0.126. The second-order valence-corrected chi connectivity index (χ2v) is 8.24. The Morgan fingerprint density at radius 1 is 1.25 bits per heavy atom. The van der Waals surface area contributed by atoms with Crippen molar-refractivity contribution in [2.75, 3.05) is 13.1 Å². The molecule has 0 aliphatic carbocycles. The molecule has 6 heteroatoms. The minimum atomic E-state index is -0.446. The molecule has 1 aliphatic rings. The van der Waals surface area contributed by atoms with E-state index in [0.717, 1.165) is 18.4 Å². The number of carbonyl (C=O) groups is 2. The van der Waals surface area contributed by atoms with Gasteiger partial charge in [-0.05, 0) is 37.5 Å². The van der Waals surface area contributed by atoms with Crippen LogP contribution in [0.3, 0.4) is 0 Å². The number of urea groups is 1. The van der Waals surface area contributed by atoms with Crippen LogP contribution in [0.5, 0.6) is 0 Å². The Kier molecular flexibility index (Phi) is 6.54. The molecule has 1 heterocycles. The van der Waals surface area contributed by atoms with E-state index in [2.05, 4.69) is 43.4 Å². The normalized spacial score (nSPS) is 19.2. The topological polar surface area (TPSA) is 75.4 Å². The predicted octanol–water partition coefficient (Wildman–Crippen LogP) is 3.16. The van der Waals surface area contributed by atoms with Crippen molar-refractivity contribution in [1.29, 1.82) is 0 Å². The van der Waals surface area contributed by atoms with Crippen molar-refractivity contribution in [3.63, 3.8) is 0 Å². The Morgan fingerprint density at radius 2 is 1.92 bits per heavy atom. The predicted molar refractivity (Wildman–Crippen MR) is 97.9 cm³/mol. The van der Waals surface area contributed by atoms with Crippen molar-refractivity contribution in [2.24, 2.45) is 11.7 Å². The van der Waals surface area contributed by atoms with Gasteiger partial charge in [0.2, 0.25) is 5.91 Å². The largest absolute Gasteiger partial charge is 0.351 e. The molecule has 0 radical (unpaired) electrons. The summed E-state index contributed by atoms with van der Waals surface area (Å²) in [6.07, 6.45) is 1.61. The highest BCUT2D eigenvalue weighted by atomic mass is 32.2. The summed E-state index contributed by atoms with van der Waals surface area (Å²) in [6.45, 7) is 7.38. The first-order chi connectivity index (χ1) is 11.4. The van der Waals surface area contributed by atoms with Crippen LogP contribution in [0.15, 0.2) is 29.2 Å². The van der Waals surface area contributed by atoms with Crippen LogP contribution in [0, 0.1) is 5.92 Å². The molecule has 1 aromatic rings. The average molecular weight is 350 g/mol. The van der Waals surface area contributed by atoms with Crippen LogP contribution in [0.4, 0.5) is 4.79 Å². The zero-order valence-corrected chi connectivity index (χ0v) is 15.4. The van der Waals surface area contributed by atoms with Gasteiger partial charge in [0.05, 0.1) is 12.0 Å². The van der Waals surface area contributed by atoms with Crippen molar-refractivity contribution in [3.8, 4) is 0 Å². The number of piperidine rings is 1. The number of benzene rings is 1. The summed E-state index contributed by atoms with van der Waals surface area (Å²) in [4.78, 5) is 26.5. The smallest absolute Gasteiger partial charge is 0.314 e. The third kappa shape index (κ3) is 5.16. The van der Waals surface area contributed by atoms with Crippen molar-refractivity contribution in [2.45, 2.75) is 49.8 Å². The monoisotopic (exact) mass is 349 g/mol. The highest BCUT2D eigenvalue weighted by molar-refractivity contribution is 7.99. The van der Waals surface area contributed by atoms with E-state index < -0.39 is 6.03 Å². The Balaban J connectivity index is 1.92. The lowest BCUT2D eigenvalue weighted by Gasteiger charge is -2.31. The van der Waals surface area contributed by atoms with Crippen LogP contribution in [-0.2, 0) is 4.79 Å². The maximum absolute atomic E-state index is 12.5. The fraction of sp³-hybridized carbons (Fsp3) is 0.556. The number of nitrogens with one attached hydrogen (secondary N) is 1. The zero-order valence-electron chi connectivity index (χ0n) is 14.6. The Morgan fingerprint density at radius 3 is 2.50 bits per heavy atom. The summed E-state index contributed by atoms with van der Waals surface area (Å²) in [5.74, 6) is -0.182. The average Bonchev–Trinajstić information content (AvgIpc) is 2.55. The van der Waals surface area contributed by atoms with Crippen LogP contribution >= 0.6 is 11.8 Å². The SMILES string of the molecule is CC(C)Sc1ccc([C@@H](C)NC(=O)[C@@H]2CCCN(C(N)=O)C2)cc1. The first-order valence-electron chi connectivity index (χ1n) is 8.48. The van der Waals surface area contributed by atoms with E-state index in [-0.39, 0.29) is 17.9 Å². The van der Waals surface area contributed by atoms with Gasteiger partial charge in [0.15, 0.2) is 0 Å². The standard InChI is InChI=1S/C18H27N3O2S/c1-12(2)24-16-8-6-14(7-9-16)13(3)20-17(22)15-5-4-10-21(11-15)18(19)23/h6-9,12-13,15H,4-5,10-11H2,1-3H3,(H2,19,23)(H,20,22)/t13-,15-/m1/s1. The van der Waals surface area contributed by atoms with Crippen LogP contribution in [0.1, 0.15) is 45.2 Å². The number of carbonyl (C=O) groups excluding carboxylic acids is 2. The number of primary amides is 1. The Labute approximate surface area is 148 Å². The van der Waals surface area contributed by atoms with Crippen LogP contribution in [0.2, 0.25) is 0 Å². The number of thioether (sulfide) groups is 1. The summed E-state index contributed by atoms with van der Waals surface area (Å²) < 4.78 is 0. The number of likely N-dealkylation sites (tertiary alicyclic amines) is 1. The van der Waals surface area contributed by atoms with Crippen molar-refractivity contribution in [3.05, 3.63) is 29.8 Å². The van der Waals surface area contributed by atoms with Gasteiger partial charge in [0.25, 0.3) is 0 Å². The molecule has 1 aliphatic heterocycles. The fourth-order valence-corrected chi connectivity index (χ4v) is 3.75. The quantitative estimate of drug-likeness (QED) is 0.802. The van der Waals surface area contributed by atoms with Gasteiger partial charge in [-0.15, -0.1) is 11.8 Å². The van der Waals surface area contributed by atoms with Gasteiger partial charge < -0.3 is 16.0 Å². The van der Waals surface area contributed by atoms with Crippen molar-refractivity contribution in [1.82, 2.24) is 10.2 Å². The first kappa shape index (κ1) is 18.6. The fourth-order valence-electron chi connectivity index (χ4n) is 2.91. The van der Waals surface area contributed by atoms with Gasteiger partial charge in [0.1, 0.15) is 0 Å². The minimum absolute atomic E-state index is 0.00548. The first-order valence-corrected chi connectivity index (χ1v) is 9.36. The minimum Gasteiger partial charge on any atom is -0.351 e. The molecule has 24 heavy (non-hydrogen) atoms. The summed E-state index contributed by atoms with van der Waals surface area (Å²) in [7, 11) is 0. The molecule has 2 atom stereocenters. The Bertz CT molecular complexity index is 574. The molecule has 0 unspecified atom stereocenters. The lowest BCUT2D eigenvalue weighted by atomic mass is 9.96. The molecular formula is C18H27N3O2S. The van der Waals surface area contributed by atoms with Gasteiger partial charge in [-0.3, -0.25) is 4.79 Å². The maximum Gasteiger partial charge on any atom is 0.314 e. The van der Waals surface area contributed by atoms with E-state index in [1.54, 1.807) is 4.90 Å². The summed E-state index contributed by atoms with van der Waals surface area (Å²) >= 11 is 1.82. The third-order valence-corrected chi connectivity index (χ3v) is 5.23. The number of nitrogens with two attached hydrogens (primary N) is 1. The number of hydrogen-bond donors (Lipinski definition) is 2. The second-order valence-electron chi connectivity index (χ2n) is 6.59. The van der Waals surface area contributed by atoms with E-state index in [4.69, 9.17) is 5.73 Å². The molecule has 1 saturated heterocycles. The molecule has 0 spiro atoms. The van der Waals surface area contributed by atoms with Crippen molar-refractivity contribution < 1.29 is 9.59 Å². The van der Waals surface area contributed by atoms with Gasteiger partial charge in [-0.25, -0.2) is 4.79 Å². The molecule has 1 aromatic carbocycles. The summed E-state index contributed by atoms with van der Waals surface area (Å²) in [5.41, 5.74) is 6.41. The molecule has 1 fully saturated rings. The van der Waals surface area contributed by atoms with Gasteiger partial charge >= 0.3 is 6.03 Å². The number of amides is 3. The van der Waals surface area contributed by atoms with Gasteiger partial charge in [-0.2, -0.15) is 0 Å².